The van der Waals surface area contributed by atoms with Gasteiger partial charge in [0.05, 0.1) is 28.4 Å². The summed E-state index contributed by atoms with van der Waals surface area (Å²) in [6.45, 7) is 0. The van der Waals surface area contributed by atoms with E-state index in [9.17, 15) is 4.79 Å². The molecule has 2 atom stereocenters. The van der Waals surface area contributed by atoms with Gasteiger partial charge < -0.3 is 30.0 Å². The summed E-state index contributed by atoms with van der Waals surface area (Å²) >= 11 is 0. The zero-order valence-electron chi connectivity index (χ0n) is 20.0. The average Bonchev–Trinajstić information content (AvgIpc) is 3.25. The zero-order chi connectivity index (χ0) is 24.7. The van der Waals surface area contributed by atoms with Crippen molar-refractivity contribution in [1.29, 1.82) is 0 Å². The number of allylic oxidation sites excluding steroid dienone is 2. The summed E-state index contributed by atoms with van der Waals surface area (Å²) in [6.07, 6.45) is 0.965. The lowest BCUT2D eigenvalue weighted by Gasteiger charge is -2.35. The van der Waals surface area contributed by atoms with Crippen molar-refractivity contribution < 1.29 is 23.7 Å². The number of nitrogens with zero attached hydrogens (tertiary/aromatic N) is 3. The molecule has 2 heterocycles. The summed E-state index contributed by atoms with van der Waals surface area (Å²) in [7, 11) is 6.35. The normalized spacial score (nSPS) is 18.9. The van der Waals surface area contributed by atoms with Crippen LogP contribution in [0.2, 0.25) is 0 Å². The number of Topliss-reactive ketones (excluding diaryl/α,β-unsaturated/α-hetero) is 1. The summed E-state index contributed by atoms with van der Waals surface area (Å²) in [6, 6.07) is 10.8. The maximum Gasteiger partial charge on any atom is 0.241 e. The second-order valence-corrected chi connectivity index (χ2v) is 8.42. The highest BCUT2D eigenvalue weighted by molar-refractivity contribution is 6.00. The summed E-state index contributed by atoms with van der Waals surface area (Å²) in [5, 5.41) is 7.69. The Morgan fingerprint density at radius 1 is 0.886 bits per heavy atom. The van der Waals surface area contributed by atoms with Gasteiger partial charge in [-0.05, 0) is 47.7 Å². The average molecular weight is 478 g/mol. The first-order valence-electron chi connectivity index (χ1n) is 11.2. The van der Waals surface area contributed by atoms with Crippen molar-refractivity contribution in [2.75, 3.05) is 39.5 Å². The van der Waals surface area contributed by atoms with Crippen LogP contribution in [0.15, 0.2) is 47.7 Å². The van der Waals surface area contributed by atoms with Crippen LogP contribution in [0.5, 0.6) is 23.0 Å². The van der Waals surface area contributed by atoms with Crippen LogP contribution in [0.1, 0.15) is 35.9 Å². The predicted molar refractivity (Wildman–Crippen MR) is 129 cm³/mol. The van der Waals surface area contributed by atoms with E-state index in [0.717, 1.165) is 16.8 Å². The standard InChI is InChI=1S/C25H27N5O5/c1-32-18-7-5-13(11-20(18)34-3)15-9-16-22(17(31)10-15)23(30-25(27-16)28-24(26)29-30)14-6-8-19(33-2)21(12-14)35-4/h5-8,11-12,15,23H,9-10H2,1-4H3,(H3,26,27,28,29). The van der Waals surface area contributed by atoms with Crippen LogP contribution in [-0.2, 0) is 4.79 Å². The molecule has 1 aliphatic heterocycles. The van der Waals surface area contributed by atoms with Crippen molar-refractivity contribution in [2.45, 2.75) is 24.8 Å². The van der Waals surface area contributed by atoms with Gasteiger partial charge in [0.1, 0.15) is 6.04 Å². The number of methoxy groups -OCH3 is 4. The molecular weight excluding hydrogens is 450 g/mol. The van der Waals surface area contributed by atoms with E-state index < -0.39 is 6.04 Å². The molecule has 0 spiro atoms. The molecule has 10 nitrogen and oxygen atoms in total. The number of ether oxygens (including phenoxy) is 4. The maximum atomic E-state index is 13.7. The van der Waals surface area contributed by atoms with Gasteiger partial charge in [0.15, 0.2) is 28.8 Å². The Morgan fingerprint density at radius 2 is 1.49 bits per heavy atom. The van der Waals surface area contributed by atoms with E-state index in [1.165, 1.54) is 0 Å². The van der Waals surface area contributed by atoms with Crippen molar-refractivity contribution in [3.8, 4) is 23.0 Å². The number of carbonyl (C=O) groups is 1. The fourth-order valence-corrected chi connectivity index (χ4v) is 4.90. The number of benzene rings is 2. The molecule has 1 aliphatic carbocycles. The first-order valence-corrected chi connectivity index (χ1v) is 11.2. The Bertz CT molecular complexity index is 1330. The topological polar surface area (TPSA) is 123 Å². The van der Waals surface area contributed by atoms with Crippen LogP contribution in [0.25, 0.3) is 0 Å². The summed E-state index contributed by atoms with van der Waals surface area (Å²) < 4.78 is 23.4. The second kappa shape index (κ2) is 8.86. The van der Waals surface area contributed by atoms with Gasteiger partial charge in [-0.1, -0.05) is 12.1 Å². The predicted octanol–water partition coefficient (Wildman–Crippen LogP) is 3.31. The van der Waals surface area contributed by atoms with Crippen molar-refractivity contribution in [2.24, 2.45) is 0 Å². The Hall–Kier alpha value is -4.21. The number of rotatable bonds is 6. The third-order valence-corrected chi connectivity index (χ3v) is 6.54. The minimum Gasteiger partial charge on any atom is -0.493 e. The number of hydrogen-bond acceptors (Lipinski definition) is 9. The Morgan fingerprint density at radius 3 is 2.11 bits per heavy atom. The maximum absolute atomic E-state index is 13.7. The largest absolute Gasteiger partial charge is 0.493 e. The molecule has 5 rings (SSSR count). The number of fused-ring (bicyclic) bond motifs is 1. The molecule has 1 aromatic heterocycles. The van der Waals surface area contributed by atoms with E-state index in [-0.39, 0.29) is 17.6 Å². The molecule has 0 amide bonds. The number of nitrogens with one attached hydrogen (secondary N) is 1. The lowest BCUT2D eigenvalue weighted by atomic mass is 9.78. The second-order valence-electron chi connectivity index (χ2n) is 8.42. The van der Waals surface area contributed by atoms with Gasteiger partial charge in [-0.3, -0.25) is 4.79 Å². The van der Waals surface area contributed by atoms with E-state index in [4.69, 9.17) is 24.7 Å². The van der Waals surface area contributed by atoms with E-state index in [2.05, 4.69) is 15.4 Å². The van der Waals surface area contributed by atoms with Crippen molar-refractivity contribution in [3.63, 3.8) is 0 Å². The van der Waals surface area contributed by atoms with Crippen LogP contribution in [0.4, 0.5) is 11.9 Å². The van der Waals surface area contributed by atoms with Gasteiger partial charge >= 0.3 is 0 Å². The van der Waals surface area contributed by atoms with Crippen molar-refractivity contribution in [1.82, 2.24) is 14.8 Å². The molecule has 0 radical (unpaired) electrons. The molecule has 0 saturated heterocycles. The first-order chi connectivity index (χ1) is 17.0. The quantitative estimate of drug-likeness (QED) is 0.550. The molecule has 0 fully saturated rings. The van der Waals surface area contributed by atoms with Crippen LogP contribution >= 0.6 is 0 Å². The van der Waals surface area contributed by atoms with E-state index >= 15 is 0 Å². The molecule has 2 aliphatic rings. The Balaban J connectivity index is 1.58. The highest BCUT2D eigenvalue weighted by atomic mass is 16.5. The van der Waals surface area contributed by atoms with Gasteiger partial charge in [0, 0.05) is 17.7 Å². The molecule has 3 N–H and O–H groups in total. The van der Waals surface area contributed by atoms with E-state index in [1.54, 1.807) is 33.1 Å². The van der Waals surface area contributed by atoms with Crippen LogP contribution in [-0.4, -0.2) is 49.0 Å². The molecule has 3 aromatic rings. The van der Waals surface area contributed by atoms with Crippen molar-refractivity contribution >= 4 is 17.7 Å². The van der Waals surface area contributed by atoms with E-state index in [1.807, 2.05) is 36.4 Å². The SMILES string of the molecule is COc1ccc(C2CC(=O)C3=C(C2)Nc2nc(N)nn2C3c2ccc(OC)c(OC)c2)cc1OC. The van der Waals surface area contributed by atoms with E-state index in [0.29, 0.717) is 47.4 Å². The number of nitrogen functional groups attached to an aromatic ring is 1. The zero-order valence-corrected chi connectivity index (χ0v) is 20.0. The Kier molecular flexibility index (Phi) is 5.72. The van der Waals surface area contributed by atoms with Gasteiger partial charge in [0.25, 0.3) is 0 Å². The molecule has 2 unspecified atom stereocenters. The van der Waals surface area contributed by atoms with Gasteiger partial charge in [-0.25, -0.2) is 4.68 Å². The summed E-state index contributed by atoms with van der Waals surface area (Å²) in [4.78, 5) is 18.0. The molecule has 182 valence electrons. The molecule has 0 saturated carbocycles. The molecule has 2 aromatic carbocycles. The number of anilines is 2. The minimum absolute atomic E-state index is 0.0260. The number of hydrogen-bond donors (Lipinski definition) is 2. The number of aromatic nitrogens is 3. The van der Waals surface area contributed by atoms with Gasteiger partial charge in [-0.2, -0.15) is 4.98 Å². The van der Waals surface area contributed by atoms with Crippen LogP contribution in [0.3, 0.4) is 0 Å². The Labute approximate surface area is 202 Å². The summed E-state index contributed by atoms with van der Waals surface area (Å²) in [5.74, 6) is 3.04. The minimum atomic E-state index is -0.496. The van der Waals surface area contributed by atoms with Gasteiger partial charge in [0.2, 0.25) is 11.9 Å². The third-order valence-electron chi connectivity index (χ3n) is 6.54. The molecular formula is C25H27N5O5. The van der Waals surface area contributed by atoms with Crippen molar-refractivity contribution in [3.05, 3.63) is 58.8 Å². The highest BCUT2D eigenvalue weighted by Gasteiger charge is 2.40. The molecule has 10 heteroatoms. The fourth-order valence-electron chi connectivity index (χ4n) is 4.90. The molecule has 0 bridgehead atoms. The number of carbonyl (C=O) groups excluding carboxylic acids is 1. The lowest BCUT2D eigenvalue weighted by molar-refractivity contribution is -0.116. The van der Waals surface area contributed by atoms with Crippen LogP contribution in [0, 0.1) is 0 Å². The third kappa shape index (κ3) is 3.80. The molecule has 35 heavy (non-hydrogen) atoms. The lowest BCUT2D eigenvalue weighted by Crippen LogP contribution is -2.33. The fraction of sp³-hybridized carbons (Fsp3) is 0.320. The number of ketones is 1. The van der Waals surface area contributed by atoms with Gasteiger partial charge in [-0.15, -0.1) is 5.10 Å². The van der Waals surface area contributed by atoms with Crippen LogP contribution < -0.4 is 30.0 Å². The first kappa shape index (κ1) is 22.6. The highest BCUT2D eigenvalue weighted by Crippen LogP contribution is 2.46. The number of nitrogens with two attached hydrogens (primary N) is 1. The monoisotopic (exact) mass is 477 g/mol. The summed E-state index contributed by atoms with van der Waals surface area (Å²) in [5.41, 5.74) is 9.21. The smallest absolute Gasteiger partial charge is 0.241 e.